The highest BCUT2D eigenvalue weighted by Gasteiger charge is 2.37. The van der Waals surface area contributed by atoms with Gasteiger partial charge in [0.1, 0.15) is 0 Å². The fourth-order valence-corrected chi connectivity index (χ4v) is 2.32. The Hall–Kier alpha value is -0.770. The van der Waals surface area contributed by atoms with Crippen molar-refractivity contribution in [3.05, 3.63) is 0 Å². The quantitative estimate of drug-likeness (QED) is 0.598. The zero-order valence-corrected chi connectivity index (χ0v) is 7.95. The number of nitrogens with one attached hydrogen (secondary N) is 1. The smallest absolute Gasteiger partial charge is 0.317 e. The summed E-state index contributed by atoms with van der Waals surface area (Å²) in [6.07, 6.45) is 3.69. The van der Waals surface area contributed by atoms with E-state index in [2.05, 4.69) is 5.32 Å². The SMILES string of the molecule is CNC(=O)N1CCO[C@H]2CCC[C@H]21. The van der Waals surface area contributed by atoms with E-state index in [1.165, 1.54) is 6.42 Å². The van der Waals surface area contributed by atoms with Crippen LogP contribution >= 0.6 is 0 Å². The minimum absolute atomic E-state index is 0.0419. The predicted molar refractivity (Wildman–Crippen MR) is 48.5 cm³/mol. The topological polar surface area (TPSA) is 41.6 Å². The number of morpholine rings is 1. The lowest BCUT2D eigenvalue weighted by Crippen LogP contribution is -2.53. The molecular formula is C9H16N2O2. The summed E-state index contributed by atoms with van der Waals surface area (Å²) in [5, 5.41) is 2.68. The lowest BCUT2D eigenvalue weighted by molar-refractivity contribution is -0.0380. The first-order valence-electron chi connectivity index (χ1n) is 4.93. The summed E-state index contributed by atoms with van der Waals surface area (Å²) in [6, 6.07) is 0.369. The van der Waals surface area contributed by atoms with Crippen LogP contribution < -0.4 is 5.32 Å². The summed E-state index contributed by atoms with van der Waals surface area (Å²) in [5.74, 6) is 0. The minimum atomic E-state index is 0.0419. The van der Waals surface area contributed by atoms with Gasteiger partial charge in [-0.05, 0) is 19.3 Å². The van der Waals surface area contributed by atoms with Crippen LogP contribution in [0.5, 0.6) is 0 Å². The Morgan fingerprint density at radius 1 is 1.54 bits per heavy atom. The van der Waals surface area contributed by atoms with Crippen molar-refractivity contribution in [1.82, 2.24) is 10.2 Å². The molecule has 0 spiro atoms. The van der Waals surface area contributed by atoms with Gasteiger partial charge in [0, 0.05) is 13.6 Å². The van der Waals surface area contributed by atoms with Crippen molar-refractivity contribution in [1.29, 1.82) is 0 Å². The van der Waals surface area contributed by atoms with Gasteiger partial charge in [-0.1, -0.05) is 0 Å². The van der Waals surface area contributed by atoms with Crippen LogP contribution in [0.4, 0.5) is 4.79 Å². The molecule has 2 rings (SSSR count). The molecule has 2 amide bonds. The van der Waals surface area contributed by atoms with E-state index in [0.717, 1.165) is 19.4 Å². The average molecular weight is 184 g/mol. The highest BCUT2D eigenvalue weighted by molar-refractivity contribution is 5.74. The van der Waals surface area contributed by atoms with E-state index >= 15 is 0 Å². The number of fused-ring (bicyclic) bond motifs is 1. The zero-order valence-electron chi connectivity index (χ0n) is 7.95. The van der Waals surface area contributed by atoms with Gasteiger partial charge in [-0.3, -0.25) is 0 Å². The molecule has 0 aromatic carbocycles. The van der Waals surface area contributed by atoms with E-state index in [1.807, 2.05) is 4.90 Å². The summed E-state index contributed by atoms with van der Waals surface area (Å²) in [4.78, 5) is 13.4. The number of hydrogen-bond donors (Lipinski definition) is 1. The van der Waals surface area contributed by atoms with Gasteiger partial charge in [0.15, 0.2) is 0 Å². The molecule has 74 valence electrons. The first kappa shape index (κ1) is 8.81. The largest absolute Gasteiger partial charge is 0.374 e. The van der Waals surface area contributed by atoms with Crippen LogP contribution in [0.2, 0.25) is 0 Å². The molecular weight excluding hydrogens is 168 g/mol. The standard InChI is InChI=1S/C9H16N2O2/c1-10-9(12)11-5-6-13-8-4-2-3-7(8)11/h7-8H,2-6H2,1H3,(H,10,12)/t7-,8+/m1/s1. The molecule has 1 saturated carbocycles. The predicted octanol–water partition coefficient (Wildman–Crippen LogP) is 0.579. The van der Waals surface area contributed by atoms with E-state index in [-0.39, 0.29) is 6.03 Å². The fraction of sp³-hybridized carbons (Fsp3) is 0.889. The molecule has 1 N–H and O–H groups in total. The van der Waals surface area contributed by atoms with Crippen LogP contribution in [-0.2, 0) is 4.74 Å². The first-order valence-corrected chi connectivity index (χ1v) is 4.93. The van der Waals surface area contributed by atoms with Gasteiger partial charge in [-0.25, -0.2) is 4.79 Å². The molecule has 0 radical (unpaired) electrons. The number of nitrogens with zero attached hydrogens (tertiary/aromatic N) is 1. The van der Waals surface area contributed by atoms with Crippen molar-refractivity contribution >= 4 is 6.03 Å². The second-order valence-corrected chi connectivity index (χ2v) is 3.66. The van der Waals surface area contributed by atoms with Crippen molar-refractivity contribution < 1.29 is 9.53 Å². The van der Waals surface area contributed by atoms with Crippen LogP contribution in [-0.4, -0.2) is 43.3 Å². The molecule has 2 aliphatic rings. The van der Waals surface area contributed by atoms with E-state index in [0.29, 0.717) is 18.8 Å². The lowest BCUT2D eigenvalue weighted by atomic mass is 10.1. The molecule has 0 aromatic rings. The summed E-state index contributed by atoms with van der Waals surface area (Å²) < 4.78 is 5.61. The Labute approximate surface area is 78.2 Å². The Morgan fingerprint density at radius 3 is 3.15 bits per heavy atom. The third-order valence-electron chi connectivity index (χ3n) is 2.96. The lowest BCUT2D eigenvalue weighted by Gasteiger charge is -2.37. The molecule has 1 saturated heterocycles. The van der Waals surface area contributed by atoms with E-state index in [9.17, 15) is 4.79 Å². The highest BCUT2D eigenvalue weighted by atomic mass is 16.5. The molecule has 0 aromatic heterocycles. The number of carbonyl (C=O) groups is 1. The monoisotopic (exact) mass is 184 g/mol. The van der Waals surface area contributed by atoms with Gasteiger partial charge < -0.3 is 15.0 Å². The molecule has 4 nitrogen and oxygen atoms in total. The normalized spacial score (nSPS) is 32.8. The summed E-state index contributed by atoms with van der Waals surface area (Å²) >= 11 is 0. The number of urea groups is 1. The van der Waals surface area contributed by atoms with Gasteiger partial charge in [0.25, 0.3) is 0 Å². The third-order valence-corrected chi connectivity index (χ3v) is 2.96. The Bertz CT molecular complexity index is 208. The van der Waals surface area contributed by atoms with Crippen LogP contribution in [0.15, 0.2) is 0 Å². The van der Waals surface area contributed by atoms with Crippen molar-refractivity contribution in [2.75, 3.05) is 20.2 Å². The maximum atomic E-state index is 11.5. The molecule has 0 bridgehead atoms. The number of ether oxygens (including phenoxy) is 1. The van der Waals surface area contributed by atoms with E-state index < -0.39 is 0 Å². The maximum absolute atomic E-state index is 11.5. The summed E-state index contributed by atoms with van der Waals surface area (Å²) in [6.45, 7) is 1.43. The first-order chi connectivity index (χ1) is 6.33. The Morgan fingerprint density at radius 2 is 2.38 bits per heavy atom. The number of hydrogen-bond acceptors (Lipinski definition) is 2. The van der Waals surface area contributed by atoms with E-state index in [1.54, 1.807) is 7.05 Å². The van der Waals surface area contributed by atoms with Crippen LogP contribution in [0.3, 0.4) is 0 Å². The zero-order chi connectivity index (χ0) is 9.26. The molecule has 1 aliphatic heterocycles. The number of rotatable bonds is 0. The number of carbonyl (C=O) groups excluding carboxylic acids is 1. The minimum Gasteiger partial charge on any atom is -0.374 e. The van der Waals surface area contributed by atoms with Crippen molar-refractivity contribution in [3.63, 3.8) is 0 Å². The molecule has 1 aliphatic carbocycles. The van der Waals surface area contributed by atoms with Crippen molar-refractivity contribution in [3.8, 4) is 0 Å². The van der Waals surface area contributed by atoms with Crippen LogP contribution in [0.1, 0.15) is 19.3 Å². The average Bonchev–Trinajstić information content (AvgIpc) is 2.63. The molecule has 2 fully saturated rings. The van der Waals surface area contributed by atoms with Gasteiger partial charge in [0.05, 0.1) is 18.8 Å². The third kappa shape index (κ3) is 1.50. The molecule has 0 unspecified atom stereocenters. The van der Waals surface area contributed by atoms with Crippen LogP contribution in [0, 0.1) is 0 Å². The van der Waals surface area contributed by atoms with Crippen LogP contribution in [0.25, 0.3) is 0 Å². The maximum Gasteiger partial charge on any atom is 0.317 e. The van der Waals surface area contributed by atoms with E-state index in [4.69, 9.17) is 4.74 Å². The Balaban J connectivity index is 2.05. The second kappa shape index (κ2) is 3.54. The summed E-state index contributed by atoms with van der Waals surface area (Å²) in [7, 11) is 1.68. The molecule has 4 heteroatoms. The fourth-order valence-electron chi connectivity index (χ4n) is 2.32. The van der Waals surface area contributed by atoms with Crippen molar-refractivity contribution in [2.24, 2.45) is 0 Å². The molecule has 2 atom stereocenters. The second-order valence-electron chi connectivity index (χ2n) is 3.66. The molecule has 13 heavy (non-hydrogen) atoms. The molecule has 1 heterocycles. The highest BCUT2D eigenvalue weighted by Crippen LogP contribution is 2.29. The van der Waals surface area contributed by atoms with Gasteiger partial charge in [-0.2, -0.15) is 0 Å². The van der Waals surface area contributed by atoms with Crippen molar-refractivity contribution in [2.45, 2.75) is 31.4 Å². The Kier molecular flexibility index (Phi) is 2.40. The van der Waals surface area contributed by atoms with Gasteiger partial charge in [-0.15, -0.1) is 0 Å². The number of amides is 2. The van der Waals surface area contributed by atoms with Gasteiger partial charge >= 0.3 is 6.03 Å². The van der Waals surface area contributed by atoms with Gasteiger partial charge in [0.2, 0.25) is 0 Å². The summed E-state index contributed by atoms with van der Waals surface area (Å²) in [5.41, 5.74) is 0.